The van der Waals surface area contributed by atoms with E-state index in [0.717, 1.165) is 24.3 Å². The molecule has 9 heteroatoms. The van der Waals surface area contributed by atoms with E-state index in [2.05, 4.69) is 25.2 Å². The number of nitrogens with zero attached hydrogens (tertiary/aromatic N) is 5. The van der Waals surface area contributed by atoms with Crippen molar-refractivity contribution in [3.63, 3.8) is 0 Å². The molecule has 9 nitrogen and oxygen atoms in total. The second-order valence-electron chi connectivity index (χ2n) is 8.82. The molecule has 0 aliphatic carbocycles. The molecule has 0 bridgehead atoms. The Hall–Kier alpha value is -3.72. The molecule has 1 aliphatic rings. The SMILES string of the molecule is COc1ccccc1Nc1nc(N)nc(CN2CCN(C(=O)C(C)(C)c3ccccc3)CC2)n1. The van der Waals surface area contributed by atoms with Gasteiger partial charge in [-0.1, -0.05) is 42.5 Å². The number of para-hydroxylation sites is 2. The van der Waals surface area contributed by atoms with Gasteiger partial charge < -0.3 is 20.7 Å². The van der Waals surface area contributed by atoms with Crippen LogP contribution in [0, 0.1) is 0 Å². The first kappa shape index (κ1) is 23.4. The van der Waals surface area contributed by atoms with E-state index in [1.807, 2.05) is 73.3 Å². The van der Waals surface area contributed by atoms with Crippen molar-refractivity contribution >= 4 is 23.5 Å². The summed E-state index contributed by atoms with van der Waals surface area (Å²) in [6, 6.07) is 17.5. The molecule has 3 aromatic rings. The van der Waals surface area contributed by atoms with Crippen LogP contribution in [0.15, 0.2) is 54.6 Å². The van der Waals surface area contributed by atoms with Gasteiger partial charge in [0.05, 0.1) is 24.8 Å². The highest BCUT2D eigenvalue weighted by molar-refractivity contribution is 5.87. The van der Waals surface area contributed by atoms with Gasteiger partial charge in [-0.25, -0.2) is 0 Å². The fourth-order valence-corrected chi connectivity index (χ4v) is 4.12. The molecule has 1 aromatic heterocycles. The van der Waals surface area contributed by atoms with E-state index < -0.39 is 5.41 Å². The lowest BCUT2D eigenvalue weighted by Gasteiger charge is -2.38. The lowest BCUT2D eigenvalue weighted by molar-refractivity contribution is -0.138. The van der Waals surface area contributed by atoms with Gasteiger partial charge in [-0.15, -0.1) is 0 Å². The summed E-state index contributed by atoms with van der Waals surface area (Å²) >= 11 is 0. The van der Waals surface area contributed by atoms with Gasteiger partial charge in [-0.3, -0.25) is 9.69 Å². The van der Waals surface area contributed by atoms with Gasteiger partial charge in [0.1, 0.15) is 11.6 Å². The summed E-state index contributed by atoms with van der Waals surface area (Å²) in [4.78, 5) is 30.5. The standard InChI is InChI=1S/C25H31N7O2/c1-25(2,18-9-5-4-6-10-18)22(33)32-15-13-31(14-16-32)17-21-28-23(26)30-24(29-21)27-19-11-7-8-12-20(19)34-3/h4-12H,13-17H2,1-3H3,(H3,26,27,28,29,30). The van der Waals surface area contributed by atoms with Crippen LogP contribution in [-0.4, -0.2) is 63.9 Å². The molecular formula is C25H31N7O2. The number of aromatic nitrogens is 3. The van der Waals surface area contributed by atoms with Crippen molar-refractivity contribution in [3.05, 3.63) is 66.0 Å². The molecule has 3 N–H and O–H groups in total. The molecule has 1 amide bonds. The van der Waals surface area contributed by atoms with E-state index >= 15 is 0 Å². The number of benzene rings is 2. The van der Waals surface area contributed by atoms with Crippen molar-refractivity contribution in [3.8, 4) is 5.75 Å². The van der Waals surface area contributed by atoms with E-state index in [-0.39, 0.29) is 11.9 Å². The molecule has 1 saturated heterocycles. The first-order valence-corrected chi connectivity index (χ1v) is 11.3. The summed E-state index contributed by atoms with van der Waals surface area (Å²) in [5.41, 5.74) is 7.16. The number of nitrogens with two attached hydrogens (primary N) is 1. The normalized spacial score (nSPS) is 14.6. The number of rotatable bonds is 7. The third kappa shape index (κ3) is 5.26. The molecule has 0 atom stereocenters. The number of nitrogens with one attached hydrogen (secondary N) is 1. The summed E-state index contributed by atoms with van der Waals surface area (Å²) < 4.78 is 5.38. The fourth-order valence-electron chi connectivity index (χ4n) is 4.12. The Morgan fingerprint density at radius 3 is 2.38 bits per heavy atom. The Bertz CT molecular complexity index is 1130. The predicted molar refractivity (Wildman–Crippen MR) is 132 cm³/mol. The fraction of sp³-hybridized carbons (Fsp3) is 0.360. The number of anilines is 3. The number of hydrogen-bond acceptors (Lipinski definition) is 8. The van der Waals surface area contributed by atoms with E-state index in [0.29, 0.717) is 37.2 Å². The number of amides is 1. The van der Waals surface area contributed by atoms with E-state index in [9.17, 15) is 4.79 Å². The zero-order valence-electron chi connectivity index (χ0n) is 19.9. The van der Waals surface area contributed by atoms with Gasteiger partial charge in [0.15, 0.2) is 0 Å². The van der Waals surface area contributed by atoms with Crippen LogP contribution in [0.5, 0.6) is 5.75 Å². The summed E-state index contributed by atoms with van der Waals surface area (Å²) in [5, 5.41) is 3.16. The second-order valence-corrected chi connectivity index (χ2v) is 8.82. The zero-order chi connectivity index (χ0) is 24.1. The van der Waals surface area contributed by atoms with E-state index in [1.165, 1.54) is 0 Å². The maximum atomic E-state index is 13.2. The number of carbonyl (C=O) groups is 1. The van der Waals surface area contributed by atoms with Crippen LogP contribution < -0.4 is 15.8 Å². The minimum absolute atomic E-state index is 0.144. The van der Waals surface area contributed by atoms with Crippen molar-refractivity contribution in [2.24, 2.45) is 0 Å². The lowest BCUT2D eigenvalue weighted by atomic mass is 9.83. The quantitative estimate of drug-likeness (QED) is 0.553. The van der Waals surface area contributed by atoms with Gasteiger partial charge in [-0.2, -0.15) is 15.0 Å². The molecule has 0 radical (unpaired) electrons. The lowest BCUT2D eigenvalue weighted by Crippen LogP contribution is -2.53. The number of carbonyl (C=O) groups excluding carboxylic acids is 1. The molecular weight excluding hydrogens is 430 g/mol. The average Bonchev–Trinajstić information content (AvgIpc) is 2.84. The summed E-state index contributed by atoms with van der Waals surface area (Å²) in [5.74, 6) is 1.92. The van der Waals surface area contributed by atoms with Crippen LogP contribution in [0.2, 0.25) is 0 Å². The second kappa shape index (κ2) is 10.0. The predicted octanol–water partition coefficient (Wildman–Crippen LogP) is 2.83. The average molecular weight is 462 g/mol. The number of nitrogen functional groups attached to an aromatic ring is 1. The van der Waals surface area contributed by atoms with Gasteiger partial charge in [-0.05, 0) is 31.5 Å². The van der Waals surface area contributed by atoms with E-state index in [4.69, 9.17) is 10.5 Å². The zero-order valence-corrected chi connectivity index (χ0v) is 19.9. The van der Waals surface area contributed by atoms with Crippen molar-refractivity contribution in [1.29, 1.82) is 0 Å². The molecule has 178 valence electrons. The molecule has 2 aromatic carbocycles. The highest BCUT2D eigenvalue weighted by Crippen LogP contribution is 2.27. The monoisotopic (exact) mass is 461 g/mol. The Morgan fingerprint density at radius 1 is 1.00 bits per heavy atom. The minimum Gasteiger partial charge on any atom is -0.495 e. The van der Waals surface area contributed by atoms with Gasteiger partial charge >= 0.3 is 0 Å². The molecule has 0 spiro atoms. The Labute approximate surface area is 200 Å². The topological polar surface area (TPSA) is 109 Å². The highest BCUT2D eigenvalue weighted by Gasteiger charge is 2.35. The molecule has 1 aliphatic heterocycles. The van der Waals surface area contributed by atoms with Crippen molar-refractivity contribution in [2.45, 2.75) is 25.8 Å². The molecule has 0 saturated carbocycles. The molecule has 4 rings (SSSR count). The molecule has 34 heavy (non-hydrogen) atoms. The van der Waals surface area contributed by atoms with Gasteiger partial charge in [0.25, 0.3) is 0 Å². The van der Waals surface area contributed by atoms with Crippen molar-refractivity contribution in [2.75, 3.05) is 44.3 Å². The number of piperazine rings is 1. The highest BCUT2D eigenvalue weighted by atomic mass is 16.5. The minimum atomic E-state index is -0.564. The Morgan fingerprint density at radius 2 is 1.68 bits per heavy atom. The molecule has 2 heterocycles. The molecule has 0 unspecified atom stereocenters. The summed E-state index contributed by atoms with van der Waals surface area (Å²) in [6.07, 6.45) is 0. The first-order valence-electron chi connectivity index (χ1n) is 11.3. The van der Waals surface area contributed by atoms with Crippen LogP contribution in [-0.2, 0) is 16.8 Å². The Kier molecular flexibility index (Phi) is 6.93. The smallest absolute Gasteiger partial charge is 0.232 e. The number of hydrogen-bond donors (Lipinski definition) is 2. The largest absolute Gasteiger partial charge is 0.495 e. The number of methoxy groups -OCH3 is 1. The maximum absolute atomic E-state index is 13.2. The maximum Gasteiger partial charge on any atom is 0.232 e. The number of ether oxygens (including phenoxy) is 1. The third-order valence-corrected chi connectivity index (χ3v) is 6.11. The third-order valence-electron chi connectivity index (χ3n) is 6.11. The van der Waals surface area contributed by atoms with Crippen LogP contribution in [0.1, 0.15) is 25.2 Å². The van der Waals surface area contributed by atoms with Gasteiger partial charge in [0.2, 0.25) is 17.8 Å². The van der Waals surface area contributed by atoms with Crippen LogP contribution >= 0.6 is 0 Å². The van der Waals surface area contributed by atoms with Crippen LogP contribution in [0.25, 0.3) is 0 Å². The Balaban J connectivity index is 1.38. The molecule has 1 fully saturated rings. The van der Waals surface area contributed by atoms with Gasteiger partial charge in [0, 0.05) is 26.2 Å². The summed E-state index contributed by atoms with van der Waals surface area (Å²) in [7, 11) is 1.61. The van der Waals surface area contributed by atoms with Crippen molar-refractivity contribution in [1.82, 2.24) is 24.8 Å². The first-order chi connectivity index (χ1) is 16.4. The van der Waals surface area contributed by atoms with E-state index in [1.54, 1.807) is 7.11 Å². The van der Waals surface area contributed by atoms with Crippen LogP contribution in [0.3, 0.4) is 0 Å². The summed E-state index contributed by atoms with van der Waals surface area (Å²) in [6.45, 7) is 7.28. The van der Waals surface area contributed by atoms with Crippen LogP contribution in [0.4, 0.5) is 17.6 Å². The van der Waals surface area contributed by atoms with Crippen molar-refractivity contribution < 1.29 is 9.53 Å².